The van der Waals surface area contributed by atoms with Crippen molar-refractivity contribution in [2.24, 2.45) is 5.92 Å². The van der Waals surface area contributed by atoms with Crippen molar-refractivity contribution in [2.45, 2.75) is 58.3 Å². The Balaban J connectivity index is 1.27. The van der Waals surface area contributed by atoms with E-state index >= 15 is 0 Å². The Labute approximate surface area is 175 Å². The van der Waals surface area contributed by atoms with Crippen LogP contribution in [0.4, 0.5) is 0 Å². The molecule has 1 saturated carbocycles. The topological polar surface area (TPSA) is 107 Å². The number of carbonyl (C=O) groups excluding carboxylic acids is 1. The molecule has 0 spiro atoms. The van der Waals surface area contributed by atoms with Crippen LogP contribution in [-0.2, 0) is 0 Å². The summed E-state index contributed by atoms with van der Waals surface area (Å²) in [5.74, 6) is 2.20. The fourth-order valence-corrected chi connectivity index (χ4v) is 3.72. The molecule has 3 aromatic heterocycles. The summed E-state index contributed by atoms with van der Waals surface area (Å²) < 4.78 is 11.1. The van der Waals surface area contributed by atoms with Crippen LogP contribution in [0, 0.1) is 12.8 Å². The molecule has 4 rings (SSSR count). The predicted octanol–water partition coefficient (Wildman–Crippen LogP) is 4.26. The van der Waals surface area contributed by atoms with Crippen LogP contribution in [0.25, 0.3) is 11.5 Å². The first-order chi connectivity index (χ1) is 14.5. The van der Waals surface area contributed by atoms with Crippen LogP contribution in [0.2, 0.25) is 0 Å². The number of nitrogens with zero attached hydrogens (tertiary/aromatic N) is 4. The number of pyridine rings is 1. The van der Waals surface area contributed by atoms with Crippen molar-refractivity contribution in [2.75, 3.05) is 6.54 Å². The number of aryl methyl sites for hydroxylation is 1. The maximum absolute atomic E-state index is 12.3. The number of hydrogen-bond donors (Lipinski definition) is 1. The lowest BCUT2D eigenvalue weighted by atomic mass is 9.82. The Morgan fingerprint density at radius 3 is 2.67 bits per heavy atom. The average molecular weight is 409 g/mol. The van der Waals surface area contributed by atoms with Gasteiger partial charge in [0.15, 0.2) is 0 Å². The van der Waals surface area contributed by atoms with Gasteiger partial charge >= 0.3 is 0 Å². The van der Waals surface area contributed by atoms with E-state index in [1.165, 1.54) is 0 Å². The molecule has 158 valence electrons. The van der Waals surface area contributed by atoms with Crippen molar-refractivity contribution in [3.05, 3.63) is 47.4 Å². The van der Waals surface area contributed by atoms with E-state index in [2.05, 4.69) is 25.7 Å². The first-order valence-corrected chi connectivity index (χ1v) is 10.5. The van der Waals surface area contributed by atoms with E-state index in [0.29, 0.717) is 24.2 Å². The molecule has 8 heteroatoms. The number of amides is 1. The molecule has 1 fully saturated rings. The molecule has 1 aliphatic carbocycles. The highest BCUT2D eigenvalue weighted by molar-refractivity contribution is 5.91. The van der Waals surface area contributed by atoms with Gasteiger partial charge < -0.3 is 14.3 Å². The second-order valence-corrected chi connectivity index (χ2v) is 8.33. The highest BCUT2D eigenvalue weighted by Crippen LogP contribution is 2.35. The van der Waals surface area contributed by atoms with Crippen LogP contribution in [0.15, 0.2) is 33.3 Å². The summed E-state index contributed by atoms with van der Waals surface area (Å²) in [6.07, 6.45) is 5.69. The predicted molar refractivity (Wildman–Crippen MR) is 110 cm³/mol. The van der Waals surface area contributed by atoms with E-state index in [4.69, 9.17) is 8.94 Å². The third-order valence-electron chi connectivity index (χ3n) is 5.69. The molecule has 0 aromatic carbocycles. The number of aromatic nitrogens is 4. The summed E-state index contributed by atoms with van der Waals surface area (Å²) in [6.45, 7) is 6.61. The van der Waals surface area contributed by atoms with Crippen LogP contribution in [-0.4, -0.2) is 32.8 Å². The molecular formula is C22H27N5O3. The summed E-state index contributed by atoms with van der Waals surface area (Å²) in [6, 6.07) is 5.59. The quantitative estimate of drug-likeness (QED) is 0.648. The zero-order valence-corrected chi connectivity index (χ0v) is 17.6. The SMILES string of the molecule is Cc1ccc(-c2nnc(C3CCC(CNC(=O)c4cc(C(C)C)no4)CC3)o2)cn1. The molecule has 1 N–H and O–H groups in total. The molecule has 0 bridgehead atoms. The number of hydrogen-bond acceptors (Lipinski definition) is 7. The maximum atomic E-state index is 12.3. The molecule has 1 amide bonds. The fraction of sp³-hybridized carbons (Fsp3) is 0.500. The van der Waals surface area contributed by atoms with Crippen molar-refractivity contribution in [1.82, 2.24) is 25.7 Å². The Morgan fingerprint density at radius 1 is 1.20 bits per heavy atom. The molecule has 0 unspecified atom stereocenters. The van der Waals surface area contributed by atoms with Gasteiger partial charge in [0, 0.05) is 30.4 Å². The monoisotopic (exact) mass is 409 g/mol. The number of carbonyl (C=O) groups is 1. The third kappa shape index (κ3) is 4.58. The minimum absolute atomic E-state index is 0.204. The normalized spacial score (nSPS) is 19.2. The molecule has 0 saturated heterocycles. The minimum Gasteiger partial charge on any atom is -0.420 e. The van der Waals surface area contributed by atoms with E-state index in [-0.39, 0.29) is 23.5 Å². The molecule has 0 aliphatic heterocycles. The standard InChI is InChI=1S/C22H27N5O3/c1-13(2)18-10-19(30-27-18)20(28)24-11-15-5-8-16(9-6-15)21-25-26-22(29-21)17-7-4-14(3)23-12-17/h4,7,10,12-13,15-16H,5-6,8-9,11H2,1-3H3,(H,24,28). The van der Waals surface area contributed by atoms with Crippen molar-refractivity contribution in [1.29, 1.82) is 0 Å². The molecule has 8 nitrogen and oxygen atoms in total. The Hall–Kier alpha value is -3.03. The summed E-state index contributed by atoms with van der Waals surface area (Å²) >= 11 is 0. The summed E-state index contributed by atoms with van der Waals surface area (Å²) in [5, 5.41) is 15.4. The lowest BCUT2D eigenvalue weighted by molar-refractivity contribution is 0.0905. The van der Waals surface area contributed by atoms with Gasteiger partial charge in [-0.2, -0.15) is 0 Å². The van der Waals surface area contributed by atoms with E-state index in [9.17, 15) is 4.79 Å². The summed E-state index contributed by atoms with van der Waals surface area (Å²) in [7, 11) is 0. The van der Waals surface area contributed by atoms with Gasteiger partial charge in [-0.15, -0.1) is 10.2 Å². The first kappa shape index (κ1) is 20.3. The van der Waals surface area contributed by atoms with E-state index < -0.39 is 0 Å². The lowest BCUT2D eigenvalue weighted by Gasteiger charge is -2.26. The van der Waals surface area contributed by atoms with Gasteiger partial charge in [0.1, 0.15) is 0 Å². The molecule has 3 aromatic rings. The molecule has 1 aliphatic rings. The third-order valence-corrected chi connectivity index (χ3v) is 5.69. The second kappa shape index (κ2) is 8.77. The second-order valence-electron chi connectivity index (χ2n) is 8.33. The Morgan fingerprint density at radius 2 is 2.00 bits per heavy atom. The van der Waals surface area contributed by atoms with E-state index in [0.717, 1.165) is 42.6 Å². The smallest absolute Gasteiger partial charge is 0.289 e. The average Bonchev–Trinajstić information content (AvgIpc) is 3.43. The molecule has 0 radical (unpaired) electrons. The van der Waals surface area contributed by atoms with Gasteiger partial charge in [0.2, 0.25) is 17.5 Å². The maximum Gasteiger partial charge on any atom is 0.289 e. The highest BCUT2D eigenvalue weighted by atomic mass is 16.5. The Kier molecular flexibility index (Phi) is 5.92. The zero-order valence-electron chi connectivity index (χ0n) is 17.6. The van der Waals surface area contributed by atoms with E-state index in [1.807, 2.05) is 32.9 Å². The van der Waals surface area contributed by atoms with Crippen LogP contribution in [0.5, 0.6) is 0 Å². The van der Waals surface area contributed by atoms with Crippen LogP contribution >= 0.6 is 0 Å². The van der Waals surface area contributed by atoms with Gasteiger partial charge in [0.25, 0.3) is 5.91 Å². The summed E-state index contributed by atoms with van der Waals surface area (Å²) in [4.78, 5) is 16.6. The van der Waals surface area contributed by atoms with Gasteiger partial charge in [0.05, 0.1) is 11.3 Å². The molecule has 0 atom stereocenters. The zero-order chi connectivity index (χ0) is 21.1. The van der Waals surface area contributed by atoms with Crippen molar-refractivity contribution in [3.63, 3.8) is 0 Å². The number of nitrogens with one attached hydrogen (secondary N) is 1. The molecule has 30 heavy (non-hydrogen) atoms. The minimum atomic E-state index is -0.204. The van der Waals surface area contributed by atoms with Crippen LogP contribution in [0.1, 0.15) is 79.2 Å². The van der Waals surface area contributed by atoms with Crippen LogP contribution < -0.4 is 5.32 Å². The molecule has 3 heterocycles. The van der Waals surface area contributed by atoms with E-state index in [1.54, 1.807) is 12.3 Å². The lowest BCUT2D eigenvalue weighted by Crippen LogP contribution is -2.30. The highest BCUT2D eigenvalue weighted by Gasteiger charge is 2.27. The van der Waals surface area contributed by atoms with Crippen LogP contribution in [0.3, 0.4) is 0 Å². The van der Waals surface area contributed by atoms with Gasteiger partial charge in [-0.05, 0) is 56.6 Å². The first-order valence-electron chi connectivity index (χ1n) is 10.5. The fourth-order valence-electron chi connectivity index (χ4n) is 3.72. The largest absolute Gasteiger partial charge is 0.420 e. The van der Waals surface area contributed by atoms with Gasteiger partial charge in [-0.25, -0.2) is 0 Å². The van der Waals surface area contributed by atoms with Gasteiger partial charge in [-0.1, -0.05) is 19.0 Å². The molecular weight excluding hydrogens is 382 g/mol. The van der Waals surface area contributed by atoms with Crippen molar-refractivity contribution < 1.29 is 13.7 Å². The Bertz CT molecular complexity index is 984. The summed E-state index contributed by atoms with van der Waals surface area (Å²) in [5.41, 5.74) is 2.58. The van der Waals surface area contributed by atoms with Crippen molar-refractivity contribution >= 4 is 5.91 Å². The number of rotatable bonds is 6. The van der Waals surface area contributed by atoms with Gasteiger partial charge in [-0.3, -0.25) is 9.78 Å². The van der Waals surface area contributed by atoms with Crippen molar-refractivity contribution in [3.8, 4) is 11.5 Å².